The third-order valence-corrected chi connectivity index (χ3v) is 8.68. The van der Waals surface area contributed by atoms with Crippen LogP contribution in [-0.2, 0) is 22.4 Å². The number of aliphatic carboxylic acids is 1. The van der Waals surface area contributed by atoms with E-state index in [4.69, 9.17) is 9.72 Å². The molecule has 8 nitrogen and oxygen atoms in total. The normalized spacial score (nSPS) is 23.0. The second-order valence-electron chi connectivity index (χ2n) is 11.3. The number of anilines is 1. The van der Waals surface area contributed by atoms with Gasteiger partial charge in [-0.05, 0) is 63.1 Å². The first-order valence-corrected chi connectivity index (χ1v) is 14.5. The number of benzene rings is 1. The van der Waals surface area contributed by atoms with E-state index >= 15 is 4.39 Å². The van der Waals surface area contributed by atoms with Gasteiger partial charge >= 0.3 is 5.97 Å². The Balaban J connectivity index is 1.07. The van der Waals surface area contributed by atoms with Crippen LogP contribution in [0.3, 0.4) is 0 Å². The van der Waals surface area contributed by atoms with Gasteiger partial charge in [0, 0.05) is 42.3 Å². The zero-order valence-corrected chi connectivity index (χ0v) is 22.4. The van der Waals surface area contributed by atoms with E-state index < -0.39 is 18.2 Å². The molecule has 3 aliphatic rings. The van der Waals surface area contributed by atoms with Crippen LogP contribution in [0.1, 0.15) is 67.4 Å². The Morgan fingerprint density at radius 2 is 2.15 bits per heavy atom. The van der Waals surface area contributed by atoms with Crippen molar-refractivity contribution >= 4 is 22.7 Å². The van der Waals surface area contributed by atoms with Crippen molar-refractivity contribution in [1.82, 2.24) is 19.7 Å². The molecule has 0 saturated carbocycles. The molecule has 208 valence electrons. The fourth-order valence-electron chi connectivity index (χ4n) is 6.56. The number of nitrogens with zero attached hydrogens (tertiary/aromatic N) is 4. The molecule has 2 unspecified atom stereocenters. The number of likely N-dealkylation sites (tertiary alicyclic amines) is 1. The van der Waals surface area contributed by atoms with Crippen LogP contribution in [0.15, 0.2) is 36.5 Å². The topological polar surface area (TPSA) is 92.5 Å². The Morgan fingerprint density at radius 3 is 3.00 bits per heavy atom. The van der Waals surface area contributed by atoms with Crippen LogP contribution >= 0.6 is 0 Å². The van der Waals surface area contributed by atoms with E-state index in [1.165, 1.54) is 5.56 Å². The highest BCUT2D eigenvalue weighted by molar-refractivity contribution is 5.88. The summed E-state index contributed by atoms with van der Waals surface area (Å²) in [6.07, 6.45) is 7.68. The number of unbranched alkanes of at least 4 members (excludes halogenated alkanes) is 1. The van der Waals surface area contributed by atoms with Gasteiger partial charge in [0.25, 0.3) is 0 Å². The van der Waals surface area contributed by atoms with Crippen LogP contribution in [0.25, 0.3) is 10.9 Å². The molecule has 2 N–H and O–H groups in total. The first-order chi connectivity index (χ1) is 19.1. The highest BCUT2D eigenvalue weighted by Gasteiger charge is 2.38. The summed E-state index contributed by atoms with van der Waals surface area (Å²) < 4.78 is 22.9. The lowest BCUT2D eigenvalue weighted by Gasteiger charge is -2.26. The van der Waals surface area contributed by atoms with Crippen LogP contribution in [-0.4, -0.2) is 69.8 Å². The summed E-state index contributed by atoms with van der Waals surface area (Å²) in [6, 6.07) is 9.30. The number of hydrogen-bond acceptors (Lipinski definition) is 6. The van der Waals surface area contributed by atoms with Gasteiger partial charge in [-0.15, -0.1) is 0 Å². The Hall–Kier alpha value is -3.04. The molecule has 3 aromatic rings. The van der Waals surface area contributed by atoms with Gasteiger partial charge in [0.1, 0.15) is 18.0 Å². The fourth-order valence-corrected chi connectivity index (χ4v) is 6.56. The molecule has 1 aromatic carbocycles. The predicted octanol–water partition coefficient (Wildman–Crippen LogP) is 4.95. The summed E-state index contributed by atoms with van der Waals surface area (Å²) in [5.41, 5.74) is 3.93. The third-order valence-electron chi connectivity index (χ3n) is 8.68. The fraction of sp³-hybridized carbons (Fsp3) is 0.567. The molecular formula is C30H38FN5O3. The second-order valence-corrected chi connectivity index (χ2v) is 11.3. The molecule has 0 radical (unpaired) electrons. The Kier molecular flexibility index (Phi) is 7.79. The van der Waals surface area contributed by atoms with Gasteiger partial charge in [-0.25, -0.2) is 9.37 Å². The number of fused-ring (bicyclic) bond motifs is 2. The largest absolute Gasteiger partial charge is 0.480 e. The van der Waals surface area contributed by atoms with E-state index in [1.807, 2.05) is 27.8 Å². The van der Waals surface area contributed by atoms with Gasteiger partial charge in [0.05, 0.1) is 24.4 Å². The van der Waals surface area contributed by atoms with E-state index in [9.17, 15) is 9.90 Å². The summed E-state index contributed by atoms with van der Waals surface area (Å²) in [7, 11) is 0. The molecule has 6 rings (SSSR count). The summed E-state index contributed by atoms with van der Waals surface area (Å²) >= 11 is 0. The summed E-state index contributed by atoms with van der Waals surface area (Å²) in [6.45, 7) is 3.27. The number of para-hydroxylation sites is 1. The minimum absolute atomic E-state index is 0.104. The summed E-state index contributed by atoms with van der Waals surface area (Å²) in [5.74, 6) is -0.0391. The van der Waals surface area contributed by atoms with Crippen molar-refractivity contribution in [3.8, 4) is 0 Å². The van der Waals surface area contributed by atoms with Crippen LogP contribution < -0.4 is 5.32 Å². The minimum atomic E-state index is -0.931. The standard InChI is InChI=1S/C30H38FN5O3/c31-26(9-2-1-7-23-11-10-20-6-4-14-32-29(20)34-23)22-12-15-35(18-22)28(30(37)38)25-8-3-5-21-17-33-36(27(21)25)24-13-16-39-19-24/h3,5,8,10-11,17,22,24,26,28H,1-2,4,6-7,9,12-16,18-19H2,(H,32,34)(H,37,38)/t22?,24-,26?,28+/m1/s1. The number of nitrogens with one attached hydrogen (secondary N) is 1. The van der Waals surface area contributed by atoms with Gasteiger partial charge < -0.3 is 15.2 Å². The monoisotopic (exact) mass is 535 g/mol. The molecule has 0 amide bonds. The number of alkyl halides is 1. The molecule has 0 spiro atoms. The first kappa shape index (κ1) is 26.2. The summed E-state index contributed by atoms with van der Waals surface area (Å²) in [4.78, 5) is 19.3. The van der Waals surface area contributed by atoms with Crippen molar-refractivity contribution in [2.45, 2.75) is 69.6 Å². The quantitative estimate of drug-likeness (QED) is 0.355. The van der Waals surface area contributed by atoms with Crippen molar-refractivity contribution in [2.24, 2.45) is 5.92 Å². The molecule has 3 aliphatic heterocycles. The minimum Gasteiger partial charge on any atom is -0.480 e. The number of carboxylic acid groups (broad SMARTS) is 1. The molecule has 2 aromatic heterocycles. The average Bonchev–Trinajstić information content (AvgIpc) is 3.72. The zero-order chi connectivity index (χ0) is 26.8. The number of rotatable bonds is 10. The number of halogens is 1. The highest BCUT2D eigenvalue weighted by Crippen LogP contribution is 2.36. The van der Waals surface area contributed by atoms with Crippen molar-refractivity contribution in [3.63, 3.8) is 0 Å². The smallest absolute Gasteiger partial charge is 0.325 e. The van der Waals surface area contributed by atoms with Gasteiger partial charge in [-0.3, -0.25) is 14.4 Å². The number of ether oxygens (including phenoxy) is 1. The van der Waals surface area contributed by atoms with Gasteiger partial charge in [-0.2, -0.15) is 5.10 Å². The lowest BCUT2D eigenvalue weighted by molar-refractivity contribution is -0.143. The number of hydrogen-bond donors (Lipinski definition) is 2. The number of carboxylic acids is 1. The highest BCUT2D eigenvalue weighted by atomic mass is 19.1. The van der Waals surface area contributed by atoms with Gasteiger partial charge in [0.2, 0.25) is 0 Å². The van der Waals surface area contributed by atoms with Crippen LogP contribution in [0.5, 0.6) is 0 Å². The predicted molar refractivity (Wildman–Crippen MR) is 148 cm³/mol. The van der Waals surface area contributed by atoms with Crippen molar-refractivity contribution in [2.75, 3.05) is 38.2 Å². The number of aromatic nitrogens is 3. The van der Waals surface area contributed by atoms with E-state index in [2.05, 4.69) is 22.5 Å². The maximum absolute atomic E-state index is 15.3. The van der Waals surface area contributed by atoms with E-state index in [0.717, 1.165) is 73.0 Å². The lowest BCUT2D eigenvalue weighted by atomic mass is 9.97. The maximum atomic E-state index is 15.3. The third kappa shape index (κ3) is 5.52. The molecule has 4 atom stereocenters. The Bertz CT molecular complexity index is 1310. The van der Waals surface area contributed by atoms with E-state index in [1.54, 1.807) is 6.20 Å². The SMILES string of the molecule is O=C(O)[C@H](c1cccc2cnn([C@@H]3CCOC3)c12)N1CCC(C(F)CCCCc2ccc3c(n2)NCCC3)C1. The maximum Gasteiger partial charge on any atom is 0.325 e. The zero-order valence-electron chi connectivity index (χ0n) is 22.4. The summed E-state index contributed by atoms with van der Waals surface area (Å²) in [5, 5.41) is 19.2. The van der Waals surface area contributed by atoms with E-state index in [-0.39, 0.29) is 12.0 Å². The Morgan fingerprint density at radius 1 is 1.23 bits per heavy atom. The number of carbonyl (C=O) groups is 1. The molecule has 2 saturated heterocycles. The number of aryl methyl sites for hydroxylation is 2. The second kappa shape index (κ2) is 11.6. The lowest BCUT2D eigenvalue weighted by Crippen LogP contribution is -2.34. The number of pyridine rings is 1. The van der Waals surface area contributed by atoms with Crippen molar-refractivity contribution < 1.29 is 19.0 Å². The first-order valence-electron chi connectivity index (χ1n) is 14.5. The molecule has 9 heteroatoms. The molecule has 0 aliphatic carbocycles. The van der Waals surface area contributed by atoms with Crippen LogP contribution in [0.4, 0.5) is 10.2 Å². The van der Waals surface area contributed by atoms with Crippen molar-refractivity contribution in [1.29, 1.82) is 0 Å². The van der Waals surface area contributed by atoms with Gasteiger partial charge in [-0.1, -0.05) is 30.7 Å². The molecule has 39 heavy (non-hydrogen) atoms. The molecule has 0 bridgehead atoms. The van der Waals surface area contributed by atoms with E-state index in [0.29, 0.717) is 39.1 Å². The average molecular weight is 536 g/mol. The van der Waals surface area contributed by atoms with Gasteiger partial charge in [0.15, 0.2) is 0 Å². The Labute approximate surface area is 228 Å². The molecule has 5 heterocycles. The van der Waals surface area contributed by atoms with Crippen LogP contribution in [0, 0.1) is 5.92 Å². The molecule has 2 fully saturated rings. The molecular weight excluding hydrogens is 497 g/mol. The van der Waals surface area contributed by atoms with Crippen LogP contribution in [0.2, 0.25) is 0 Å². The van der Waals surface area contributed by atoms with Crippen molar-refractivity contribution in [3.05, 3.63) is 53.3 Å².